The average Bonchev–Trinajstić information content (AvgIpc) is 2.71. The lowest BCUT2D eigenvalue weighted by Gasteiger charge is -2.40. The zero-order valence-electron chi connectivity index (χ0n) is 16.9. The molecule has 0 amide bonds. The van der Waals surface area contributed by atoms with Crippen molar-refractivity contribution in [1.29, 1.82) is 0 Å². The number of nitrogens with zero attached hydrogens (tertiary/aromatic N) is 1. The molecule has 150 valence electrons. The van der Waals surface area contributed by atoms with E-state index in [2.05, 4.69) is 43.4 Å². The first-order chi connectivity index (χ1) is 14.3. The van der Waals surface area contributed by atoms with Gasteiger partial charge in [0.15, 0.2) is 5.78 Å². The summed E-state index contributed by atoms with van der Waals surface area (Å²) in [6.07, 6.45) is 1.24. The van der Waals surface area contributed by atoms with Gasteiger partial charge >= 0.3 is 0 Å². The Balaban J connectivity index is 1.82. The highest BCUT2D eigenvalue weighted by atomic mass is 16.6. The Morgan fingerprint density at radius 1 is 1.03 bits per heavy atom. The van der Waals surface area contributed by atoms with E-state index in [9.17, 15) is 14.9 Å². The first-order valence-corrected chi connectivity index (χ1v) is 10.1. The largest absolute Gasteiger partial charge is 0.358 e. The maximum Gasteiger partial charge on any atom is 0.269 e. The molecule has 0 bridgehead atoms. The fourth-order valence-corrected chi connectivity index (χ4v) is 4.95. The fourth-order valence-electron chi connectivity index (χ4n) is 4.95. The van der Waals surface area contributed by atoms with Crippen molar-refractivity contribution in [2.24, 2.45) is 5.41 Å². The summed E-state index contributed by atoms with van der Waals surface area (Å²) in [4.78, 5) is 24.4. The first-order valence-electron chi connectivity index (χ1n) is 10.1. The first kappa shape index (κ1) is 18.6. The topological polar surface area (TPSA) is 72.2 Å². The van der Waals surface area contributed by atoms with Crippen molar-refractivity contribution in [1.82, 2.24) is 0 Å². The fraction of sp³-hybridized carbons (Fsp3) is 0.240. The predicted octanol–water partition coefficient (Wildman–Crippen LogP) is 5.95. The molecule has 0 saturated heterocycles. The van der Waals surface area contributed by atoms with Crippen LogP contribution in [0.15, 0.2) is 71.9 Å². The number of benzene rings is 3. The van der Waals surface area contributed by atoms with Crippen molar-refractivity contribution in [3.8, 4) is 0 Å². The Labute approximate surface area is 174 Å². The van der Waals surface area contributed by atoms with E-state index in [-0.39, 0.29) is 27.7 Å². The maximum absolute atomic E-state index is 13.4. The standard InChI is InChI=1S/C25H22N2O3/c1-25(2)13-20-24(21(28)14-25)22(16-7-5-8-17(12-16)27(29)30)23-18-9-4-3-6-15(18)10-11-19(23)26-20/h3-12,22,26H,13-14H2,1-2H3. The predicted molar refractivity (Wildman–Crippen MR) is 118 cm³/mol. The summed E-state index contributed by atoms with van der Waals surface area (Å²) in [5.74, 6) is -0.213. The highest BCUT2D eigenvalue weighted by Crippen LogP contribution is 2.51. The van der Waals surface area contributed by atoms with Gasteiger partial charge in [-0.3, -0.25) is 14.9 Å². The van der Waals surface area contributed by atoms with Crippen molar-refractivity contribution in [2.75, 3.05) is 5.32 Å². The normalized spacial score (nSPS) is 19.8. The number of nitro groups is 1. The van der Waals surface area contributed by atoms with Gasteiger partial charge < -0.3 is 5.32 Å². The summed E-state index contributed by atoms with van der Waals surface area (Å²) >= 11 is 0. The van der Waals surface area contributed by atoms with Crippen LogP contribution in [-0.2, 0) is 4.79 Å². The number of ketones is 1. The van der Waals surface area contributed by atoms with E-state index in [1.165, 1.54) is 6.07 Å². The van der Waals surface area contributed by atoms with Gasteiger partial charge in [0.2, 0.25) is 0 Å². The zero-order chi connectivity index (χ0) is 21.0. The Morgan fingerprint density at radius 2 is 1.83 bits per heavy atom. The highest BCUT2D eigenvalue weighted by molar-refractivity contribution is 6.04. The molecule has 0 saturated carbocycles. The van der Waals surface area contributed by atoms with Gasteiger partial charge in [-0.25, -0.2) is 0 Å². The number of allylic oxidation sites excluding steroid dienone is 2. The maximum atomic E-state index is 13.4. The van der Waals surface area contributed by atoms with E-state index in [1.54, 1.807) is 12.1 Å². The molecule has 0 radical (unpaired) electrons. The number of carbonyl (C=O) groups is 1. The van der Waals surface area contributed by atoms with E-state index in [0.29, 0.717) is 6.42 Å². The van der Waals surface area contributed by atoms with E-state index in [0.717, 1.165) is 45.3 Å². The summed E-state index contributed by atoms with van der Waals surface area (Å²) in [6.45, 7) is 4.21. The molecule has 1 unspecified atom stereocenters. The van der Waals surface area contributed by atoms with Gasteiger partial charge in [0.25, 0.3) is 5.69 Å². The molecule has 0 spiro atoms. The van der Waals surface area contributed by atoms with E-state index < -0.39 is 0 Å². The van der Waals surface area contributed by atoms with Crippen LogP contribution < -0.4 is 5.32 Å². The molecule has 5 heteroatoms. The number of fused-ring (bicyclic) bond motifs is 3. The number of Topliss-reactive ketones (excluding diaryl/α,β-unsaturated/α-hetero) is 1. The van der Waals surface area contributed by atoms with Crippen molar-refractivity contribution in [3.05, 3.63) is 93.2 Å². The highest BCUT2D eigenvalue weighted by Gasteiger charge is 2.41. The molecule has 1 atom stereocenters. The lowest BCUT2D eigenvalue weighted by atomic mass is 9.68. The number of rotatable bonds is 2. The summed E-state index contributed by atoms with van der Waals surface area (Å²) in [5, 5.41) is 17.1. The molecule has 3 aromatic rings. The van der Waals surface area contributed by atoms with Gasteiger partial charge in [-0.05, 0) is 39.8 Å². The minimum absolute atomic E-state index is 0.0403. The molecule has 1 heterocycles. The summed E-state index contributed by atoms with van der Waals surface area (Å²) in [7, 11) is 0. The van der Waals surface area contributed by atoms with Crippen LogP contribution in [0.5, 0.6) is 0 Å². The number of nitro benzene ring substituents is 1. The smallest absolute Gasteiger partial charge is 0.269 e. The summed E-state index contributed by atoms with van der Waals surface area (Å²) in [5.41, 5.74) is 4.37. The number of anilines is 1. The minimum atomic E-state index is -0.379. The van der Waals surface area contributed by atoms with Gasteiger partial charge in [0.1, 0.15) is 0 Å². The Kier molecular flexibility index (Phi) is 4.03. The number of carbonyl (C=O) groups excluding carboxylic acids is 1. The summed E-state index contributed by atoms with van der Waals surface area (Å²) in [6, 6.07) is 18.9. The average molecular weight is 398 g/mol. The van der Waals surface area contributed by atoms with Gasteiger partial charge in [0, 0.05) is 41.4 Å². The third kappa shape index (κ3) is 2.89. The third-order valence-corrected chi connectivity index (χ3v) is 6.17. The molecule has 0 fully saturated rings. The third-order valence-electron chi connectivity index (χ3n) is 6.17. The molecule has 3 aromatic carbocycles. The van der Waals surface area contributed by atoms with Crippen LogP contribution in [0.4, 0.5) is 11.4 Å². The zero-order valence-corrected chi connectivity index (χ0v) is 16.9. The molecular weight excluding hydrogens is 376 g/mol. The molecule has 5 rings (SSSR count). The molecule has 30 heavy (non-hydrogen) atoms. The van der Waals surface area contributed by atoms with Gasteiger partial charge in [0.05, 0.1) is 4.92 Å². The number of nitrogens with one attached hydrogen (secondary N) is 1. The van der Waals surface area contributed by atoms with Crippen molar-refractivity contribution < 1.29 is 9.72 Å². The number of hydrogen-bond acceptors (Lipinski definition) is 4. The van der Waals surface area contributed by atoms with Gasteiger partial charge in [-0.2, -0.15) is 0 Å². The van der Waals surface area contributed by atoms with Crippen molar-refractivity contribution in [2.45, 2.75) is 32.6 Å². The van der Waals surface area contributed by atoms with E-state index >= 15 is 0 Å². The second-order valence-electron chi connectivity index (χ2n) is 8.99. The van der Waals surface area contributed by atoms with Crippen LogP contribution in [0.25, 0.3) is 10.8 Å². The Hall–Kier alpha value is -3.47. The molecule has 1 aliphatic carbocycles. The number of non-ortho nitro benzene ring substituents is 1. The molecule has 1 aliphatic heterocycles. The monoisotopic (exact) mass is 398 g/mol. The quantitative estimate of drug-likeness (QED) is 0.428. The van der Waals surface area contributed by atoms with Crippen molar-refractivity contribution in [3.63, 3.8) is 0 Å². The minimum Gasteiger partial charge on any atom is -0.358 e. The molecule has 1 N–H and O–H groups in total. The lowest BCUT2D eigenvalue weighted by Crippen LogP contribution is -2.33. The molecule has 2 aliphatic rings. The van der Waals surface area contributed by atoms with Gasteiger partial charge in [-0.15, -0.1) is 0 Å². The molecular formula is C25H22N2O3. The lowest BCUT2D eigenvalue weighted by molar-refractivity contribution is -0.384. The molecule has 0 aromatic heterocycles. The van der Waals surface area contributed by atoms with E-state index in [4.69, 9.17) is 0 Å². The van der Waals surface area contributed by atoms with E-state index in [1.807, 2.05) is 18.2 Å². The second-order valence-corrected chi connectivity index (χ2v) is 8.99. The Bertz CT molecular complexity index is 1260. The second kappa shape index (κ2) is 6.52. The van der Waals surface area contributed by atoms with Crippen LogP contribution in [0.3, 0.4) is 0 Å². The SMILES string of the molecule is CC1(C)CC(=O)C2=C(C1)Nc1ccc3ccccc3c1C2c1cccc([N+](=O)[O-])c1. The summed E-state index contributed by atoms with van der Waals surface area (Å²) < 4.78 is 0. The van der Waals surface area contributed by atoms with Crippen LogP contribution in [0.1, 0.15) is 43.7 Å². The number of hydrogen-bond donors (Lipinski definition) is 1. The van der Waals surface area contributed by atoms with Crippen LogP contribution in [0, 0.1) is 15.5 Å². The van der Waals surface area contributed by atoms with Crippen molar-refractivity contribution >= 4 is 27.9 Å². The van der Waals surface area contributed by atoms with Crippen LogP contribution in [0.2, 0.25) is 0 Å². The molecule has 5 nitrogen and oxygen atoms in total. The van der Waals surface area contributed by atoms with Crippen LogP contribution in [-0.4, -0.2) is 10.7 Å². The van der Waals surface area contributed by atoms with Gasteiger partial charge in [-0.1, -0.05) is 56.3 Å². The van der Waals surface area contributed by atoms with Crippen LogP contribution >= 0.6 is 0 Å². The Morgan fingerprint density at radius 3 is 2.63 bits per heavy atom.